The number of pyridine rings is 1. The molecule has 0 radical (unpaired) electrons. The fourth-order valence-corrected chi connectivity index (χ4v) is 1.55. The molecule has 0 unspecified atom stereocenters. The number of rotatable bonds is 3. The summed E-state index contributed by atoms with van der Waals surface area (Å²) in [5.41, 5.74) is 1.03. The zero-order valence-electron chi connectivity index (χ0n) is 8.43. The maximum atomic E-state index is 5.16. The van der Waals surface area contributed by atoms with Gasteiger partial charge in [-0.3, -0.25) is 4.84 Å². The largest absolute Gasteiger partial charge is 0.481 e. The van der Waals surface area contributed by atoms with Crippen LogP contribution in [0.2, 0.25) is 0 Å². The van der Waals surface area contributed by atoms with Gasteiger partial charge in [0.05, 0.1) is 13.7 Å². The lowest BCUT2D eigenvalue weighted by molar-refractivity contribution is 0.124. The smallest absolute Gasteiger partial charge is 0.221 e. The summed E-state index contributed by atoms with van der Waals surface area (Å²) < 4.78 is 5.16. The predicted octanol–water partition coefficient (Wildman–Crippen LogP) is 1.63. The van der Waals surface area contributed by atoms with E-state index in [2.05, 4.69) is 9.82 Å². The van der Waals surface area contributed by atoms with Crippen molar-refractivity contribution < 1.29 is 9.57 Å². The van der Waals surface area contributed by atoms with Gasteiger partial charge < -0.3 is 4.74 Å². The summed E-state index contributed by atoms with van der Waals surface area (Å²) in [6.45, 7) is 0.403. The van der Waals surface area contributed by atoms with Gasteiger partial charge in [0.25, 0.3) is 0 Å². The molecule has 0 amide bonds. The van der Waals surface area contributed by atoms with Crippen LogP contribution in [-0.2, 0) is 11.4 Å². The highest BCUT2D eigenvalue weighted by atomic mass is 16.6. The Morgan fingerprint density at radius 3 is 2.93 bits per heavy atom. The maximum absolute atomic E-state index is 5.16. The zero-order valence-corrected chi connectivity index (χ0v) is 8.43. The Bertz CT molecular complexity index is 471. The molecule has 1 heterocycles. The normalized spacial score (nSPS) is 10.5. The van der Waals surface area contributed by atoms with E-state index in [1.165, 1.54) is 0 Å². The SMILES string of the molecule is COc1nccc2cc(CON)ccc12. The lowest BCUT2D eigenvalue weighted by Gasteiger charge is -2.05. The Labute approximate surface area is 87.6 Å². The number of aromatic nitrogens is 1. The number of hydrogen-bond donors (Lipinski definition) is 1. The first-order chi connectivity index (χ1) is 7.35. The Morgan fingerprint density at radius 2 is 2.20 bits per heavy atom. The molecule has 0 aliphatic carbocycles. The number of nitrogens with two attached hydrogens (primary N) is 1. The molecule has 2 aromatic rings. The van der Waals surface area contributed by atoms with Gasteiger partial charge in [0.1, 0.15) is 0 Å². The molecule has 4 heteroatoms. The number of benzene rings is 1. The molecular weight excluding hydrogens is 192 g/mol. The molecule has 0 aliphatic rings. The van der Waals surface area contributed by atoms with Crippen molar-refractivity contribution in [2.45, 2.75) is 6.61 Å². The standard InChI is InChI=1S/C11H12N2O2/c1-14-11-10-3-2-8(7-15-12)6-9(10)4-5-13-11/h2-6H,7,12H2,1H3. The van der Waals surface area contributed by atoms with Gasteiger partial charge in [0.2, 0.25) is 5.88 Å². The van der Waals surface area contributed by atoms with E-state index in [0.717, 1.165) is 16.3 Å². The molecule has 0 bridgehead atoms. The van der Waals surface area contributed by atoms with Crippen LogP contribution in [0.5, 0.6) is 5.88 Å². The van der Waals surface area contributed by atoms with Gasteiger partial charge in [0.15, 0.2) is 0 Å². The molecular formula is C11H12N2O2. The number of fused-ring (bicyclic) bond motifs is 1. The quantitative estimate of drug-likeness (QED) is 0.772. The first-order valence-corrected chi connectivity index (χ1v) is 4.58. The van der Waals surface area contributed by atoms with E-state index in [1.807, 2.05) is 24.3 Å². The van der Waals surface area contributed by atoms with Gasteiger partial charge >= 0.3 is 0 Å². The van der Waals surface area contributed by atoms with Crippen molar-refractivity contribution >= 4 is 10.8 Å². The molecule has 0 spiro atoms. The monoisotopic (exact) mass is 204 g/mol. The Morgan fingerprint density at radius 1 is 1.33 bits per heavy atom. The van der Waals surface area contributed by atoms with E-state index < -0.39 is 0 Å². The summed E-state index contributed by atoms with van der Waals surface area (Å²) >= 11 is 0. The fourth-order valence-electron chi connectivity index (χ4n) is 1.55. The molecule has 15 heavy (non-hydrogen) atoms. The van der Waals surface area contributed by atoms with E-state index in [9.17, 15) is 0 Å². The molecule has 0 saturated carbocycles. The van der Waals surface area contributed by atoms with Crippen LogP contribution in [0.3, 0.4) is 0 Å². The van der Waals surface area contributed by atoms with E-state index in [4.69, 9.17) is 10.6 Å². The molecule has 2 rings (SSSR count). The van der Waals surface area contributed by atoms with Gasteiger partial charge in [-0.1, -0.05) is 6.07 Å². The molecule has 4 nitrogen and oxygen atoms in total. The molecule has 0 aliphatic heterocycles. The molecule has 1 aromatic heterocycles. The summed E-state index contributed by atoms with van der Waals surface area (Å²) in [6.07, 6.45) is 1.72. The summed E-state index contributed by atoms with van der Waals surface area (Å²) in [5.74, 6) is 5.66. The van der Waals surface area contributed by atoms with Crippen molar-refractivity contribution in [3.05, 3.63) is 36.0 Å². The molecule has 1 aromatic carbocycles. The minimum atomic E-state index is 0.403. The second kappa shape index (κ2) is 4.25. The molecule has 0 saturated heterocycles. The third-order valence-corrected chi connectivity index (χ3v) is 2.24. The molecule has 0 fully saturated rings. The Balaban J connectivity index is 2.53. The van der Waals surface area contributed by atoms with Crippen LogP contribution in [0.15, 0.2) is 30.5 Å². The van der Waals surface area contributed by atoms with Gasteiger partial charge in [0, 0.05) is 11.6 Å². The Hall–Kier alpha value is -1.65. The molecule has 0 atom stereocenters. The van der Waals surface area contributed by atoms with Crippen molar-refractivity contribution in [2.75, 3.05) is 7.11 Å². The van der Waals surface area contributed by atoms with Crippen LogP contribution in [0.25, 0.3) is 10.8 Å². The number of ether oxygens (including phenoxy) is 1. The van der Waals surface area contributed by atoms with E-state index in [-0.39, 0.29) is 0 Å². The van der Waals surface area contributed by atoms with Crippen LogP contribution >= 0.6 is 0 Å². The number of hydrogen-bond acceptors (Lipinski definition) is 4. The van der Waals surface area contributed by atoms with Crippen molar-refractivity contribution in [1.29, 1.82) is 0 Å². The summed E-state index contributed by atoms with van der Waals surface area (Å²) in [6, 6.07) is 7.83. The van der Waals surface area contributed by atoms with Gasteiger partial charge in [-0.15, -0.1) is 0 Å². The second-order valence-corrected chi connectivity index (χ2v) is 3.19. The highest BCUT2D eigenvalue weighted by Gasteiger charge is 2.02. The van der Waals surface area contributed by atoms with Gasteiger partial charge in [-0.05, 0) is 29.1 Å². The van der Waals surface area contributed by atoms with Crippen LogP contribution in [-0.4, -0.2) is 12.1 Å². The summed E-state index contributed by atoms with van der Waals surface area (Å²) in [5, 5.41) is 2.05. The minimum Gasteiger partial charge on any atom is -0.481 e. The topological polar surface area (TPSA) is 57.4 Å². The van der Waals surface area contributed by atoms with Crippen molar-refractivity contribution in [1.82, 2.24) is 4.98 Å². The number of methoxy groups -OCH3 is 1. The average Bonchev–Trinajstić information content (AvgIpc) is 2.28. The van der Waals surface area contributed by atoms with Crippen LogP contribution in [0.4, 0.5) is 0 Å². The van der Waals surface area contributed by atoms with Crippen molar-refractivity contribution in [2.24, 2.45) is 5.90 Å². The first kappa shape index (κ1) is 9.89. The minimum absolute atomic E-state index is 0.403. The Kier molecular flexibility index (Phi) is 2.80. The predicted molar refractivity (Wildman–Crippen MR) is 57.3 cm³/mol. The third kappa shape index (κ3) is 1.91. The van der Waals surface area contributed by atoms with E-state index in [0.29, 0.717) is 12.5 Å². The molecule has 2 N–H and O–H groups in total. The van der Waals surface area contributed by atoms with E-state index in [1.54, 1.807) is 13.3 Å². The second-order valence-electron chi connectivity index (χ2n) is 3.19. The highest BCUT2D eigenvalue weighted by molar-refractivity contribution is 5.87. The first-order valence-electron chi connectivity index (χ1n) is 4.58. The third-order valence-electron chi connectivity index (χ3n) is 2.24. The highest BCUT2D eigenvalue weighted by Crippen LogP contribution is 2.23. The summed E-state index contributed by atoms with van der Waals surface area (Å²) in [4.78, 5) is 8.71. The van der Waals surface area contributed by atoms with Crippen LogP contribution in [0, 0.1) is 0 Å². The maximum Gasteiger partial charge on any atom is 0.221 e. The van der Waals surface area contributed by atoms with Crippen LogP contribution < -0.4 is 10.6 Å². The molecule has 78 valence electrons. The summed E-state index contributed by atoms with van der Waals surface area (Å²) in [7, 11) is 1.61. The zero-order chi connectivity index (χ0) is 10.7. The lowest BCUT2D eigenvalue weighted by Crippen LogP contribution is -1.98. The number of nitrogens with zero attached hydrogens (tertiary/aromatic N) is 1. The lowest BCUT2D eigenvalue weighted by atomic mass is 10.1. The van der Waals surface area contributed by atoms with E-state index >= 15 is 0 Å². The van der Waals surface area contributed by atoms with Gasteiger partial charge in [-0.25, -0.2) is 10.9 Å². The van der Waals surface area contributed by atoms with Crippen molar-refractivity contribution in [3.63, 3.8) is 0 Å². The van der Waals surface area contributed by atoms with Crippen molar-refractivity contribution in [3.8, 4) is 5.88 Å². The average molecular weight is 204 g/mol. The fraction of sp³-hybridized carbons (Fsp3) is 0.182. The van der Waals surface area contributed by atoms with Crippen LogP contribution in [0.1, 0.15) is 5.56 Å². The van der Waals surface area contributed by atoms with Gasteiger partial charge in [-0.2, -0.15) is 0 Å².